The van der Waals surface area contributed by atoms with Gasteiger partial charge in [-0.15, -0.1) is 0 Å². The molecule has 62 valence electrons. The van der Waals surface area contributed by atoms with Crippen LogP contribution in [0.2, 0.25) is 0 Å². The molecule has 0 unspecified atom stereocenters. The molecule has 0 saturated heterocycles. The van der Waals surface area contributed by atoms with E-state index in [1.54, 1.807) is 0 Å². The van der Waals surface area contributed by atoms with Crippen LogP contribution in [-0.2, 0) is 18.3 Å². The van der Waals surface area contributed by atoms with Crippen molar-refractivity contribution in [1.29, 1.82) is 11.1 Å². The van der Waals surface area contributed by atoms with Gasteiger partial charge in [0.2, 0.25) is 0 Å². The lowest BCUT2D eigenvalue weighted by molar-refractivity contribution is 0.460. The van der Waals surface area contributed by atoms with Gasteiger partial charge in [0.15, 0.2) is 0 Å². The highest BCUT2D eigenvalue weighted by molar-refractivity contribution is 8.62. The zero-order valence-electron chi connectivity index (χ0n) is 4.34. The minimum absolute atomic E-state index is 5.00. The van der Waals surface area contributed by atoms with E-state index in [1.807, 2.05) is 0 Å². The molecule has 0 aliphatic rings. The Morgan fingerprint density at radius 3 is 0.900 bits per heavy atom. The summed E-state index contributed by atoms with van der Waals surface area (Å²) in [6, 6.07) is 0. The minimum atomic E-state index is -5.31. The van der Waals surface area contributed by atoms with Crippen molar-refractivity contribution in [3.63, 3.8) is 0 Å². The molecule has 0 saturated carbocycles. The van der Waals surface area contributed by atoms with Gasteiger partial charge < -0.3 is 0 Å². The van der Waals surface area contributed by atoms with Gasteiger partial charge in [0, 0.05) is 0 Å². The normalized spacial score (nSPS) is 11.4. The molecule has 10 heavy (non-hydrogen) atoms. The molecule has 0 spiro atoms. The first kappa shape index (κ1) is 12.1. The molecule has 0 amide bonds. The second kappa shape index (κ2) is 3.55. The maximum atomic E-state index is 9.37. The highest BCUT2D eigenvalue weighted by Crippen LogP contribution is 1.90. The van der Waals surface area contributed by atoms with Crippen molar-refractivity contribution in [2.75, 3.05) is 0 Å². The van der Waals surface area contributed by atoms with Crippen molar-refractivity contribution in [3.05, 3.63) is 0 Å². The number of hydrogen-bond acceptors (Lipinski definition) is 6. The maximum Gasteiger partial charge on any atom is 0.397 e. The van der Waals surface area contributed by atoms with Gasteiger partial charge in [-0.1, -0.05) is 0 Å². The molecule has 0 heterocycles. The molecular formula is H4N2O6S2. The molecule has 0 aromatic heterocycles. The average Bonchev–Trinajstić information content (AvgIpc) is 1.66. The van der Waals surface area contributed by atoms with E-state index in [0.29, 0.717) is 0 Å². The van der Waals surface area contributed by atoms with E-state index in [9.17, 15) is 16.8 Å². The Labute approximate surface area is 56.1 Å². The molecule has 0 atom stereocenters. The van der Waals surface area contributed by atoms with Crippen molar-refractivity contribution < 1.29 is 25.9 Å². The lowest BCUT2D eigenvalue weighted by atomic mass is 13.3. The summed E-state index contributed by atoms with van der Waals surface area (Å²) >= 11 is 0. The third-order valence-electron chi connectivity index (χ3n) is 0.266. The SMILES string of the molecule is N=N.O=S(=O)(O)S(=O)(=O)O. The van der Waals surface area contributed by atoms with Gasteiger partial charge in [0.1, 0.15) is 0 Å². The summed E-state index contributed by atoms with van der Waals surface area (Å²) < 4.78 is 52.5. The molecule has 0 rings (SSSR count). The summed E-state index contributed by atoms with van der Waals surface area (Å²) in [5.74, 6) is 0. The summed E-state index contributed by atoms with van der Waals surface area (Å²) in [7, 11) is -10.6. The Bertz CT molecular complexity index is 239. The van der Waals surface area contributed by atoms with Crippen LogP contribution in [0.25, 0.3) is 0 Å². The fraction of sp³-hybridized carbons (Fsp3) is 0. The molecule has 0 fully saturated rings. The van der Waals surface area contributed by atoms with Gasteiger partial charge in [0.25, 0.3) is 0 Å². The van der Waals surface area contributed by atoms with Crippen LogP contribution >= 0.6 is 0 Å². The predicted molar refractivity (Wildman–Crippen MR) is 28.5 cm³/mol. The van der Waals surface area contributed by atoms with Crippen LogP contribution in [0.4, 0.5) is 0 Å². The highest BCUT2D eigenvalue weighted by Gasteiger charge is 2.22. The number of hydrogen-bond donors (Lipinski definition) is 4. The molecular weight excluding hydrogens is 188 g/mol. The Morgan fingerprint density at radius 1 is 0.800 bits per heavy atom. The van der Waals surface area contributed by atoms with Gasteiger partial charge in [0.05, 0.1) is 0 Å². The van der Waals surface area contributed by atoms with Crippen LogP contribution in [0.1, 0.15) is 0 Å². The average molecular weight is 192 g/mol. The Hall–Kier alpha value is -0.580. The Kier molecular flexibility index (Phi) is 4.31. The summed E-state index contributed by atoms with van der Waals surface area (Å²) in [4.78, 5) is 0. The van der Waals surface area contributed by atoms with Gasteiger partial charge in [-0.3, -0.25) is 9.11 Å². The van der Waals surface area contributed by atoms with Crippen LogP contribution < -0.4 is 0 Å². The first-order valence-corrected chi connectivity index (χ1v) is 4.85. The van der Waals surface area contributed by atoms with Crippen LogP contribution in [0, 0.1) is 11.1 Å². The predicted octanol–water partition coefficient (Wildman–Crippen LogP) is -0.727. The largest absolute Gasteiger partial charge is 0.397 e. The fourth-order valence-electron chi connectivity index (χ4n) is 0. The monoisotopic (exact) mass is 192 g/mol. The second-order valence-electron chi connectivity index (χ2n) is 0.855. The van der Waals surface area contributed by atoms with E-state index >= 15 is 0 Å². The van der Waals surface area contributed by atoms with Crippen molar-refractivity contribution >= 4 is 18.3 Å². The molecule has 10 heteroatoms. The van der Waals surface area contributed by atoms with E-state index in [2.05, 4.69) is 0 Å². The first-order valence-electron chi connectivity index (χ1n) is 1.45. The van der Waals surface area contributed by atoms with Crippen LogP contribution in [-0.4, -0.2) is 25.9 Å². The molecule has 0 radical (unpaired) electrons. The summed E-state index contributed by atoms with van der Waals surface area (Å²) in [6.07, 6.45) is 0. The first-order chi connectivity index (χ1) is 4.25. The number of nitrogens with one attached hydrogen (secondary N) is 2. The third-order valence-corrected chi connectivity index (χ3v) is 2.40. The van der Waals surface area contributed by atoms with Crippen molar-refractivity contribution in [2.24, 2.45) is 0 Å². The van der Waals surface area contributed by atoms with Crippen LogP contribution in [0.5, 0.6) is 0 Å². The lowest BCUT2D eigenvalue weighted by Crippen LogP contribution is -2.11. The zero-order valence-corrected chi connectivity index (χ0v) is 5.98. The molecule has 4 N–H and O–H groups in total. The van der Waals surface area contributed by atoms with Gasteiger partial charge >= 0.3 is 18.3 Å². The van der Waals surface area contributed by atoms with Crippen molar-refractivity contribution in [1.82, 2.24) is 0 Å². The standard InChI is InChI=1S/H2N2.H2O6S2/c1-2;1-7(2,3)8(4,5)6/h1-2H;(H,1,2,3)(H,4,5,6). The van der Waals surface area contributed by atoms with E-state index in [-0.39, 0.29) is 0 Å². The molecule has 0 bridgehead atoms. The Balaban J connectivity index is 0. The quantitative estimate of drug-likeness (QED) is 0.244. The molecule has 0 aromatic rings. The van der Waals surface area contributed by atoms with Gasteiger partial charge in [-0.05, 0) is 0 Å². The third kappa shape index (κ3) is 4.31. The summed E-state index contributed by atoms with van der Waals surface area (Å²) in [6.45, 7) is 0. The van der Waals surface area contributed by atoms with E-state index in [4.69, 9.17) is 20.2 Å². The second-order valence-corrected chi connectivity index (χ2v) is 5.09. The van der Waals surface area contributed by atoms with Crippen molar-refractivity contribution in [2.45, 2.75) is 0 Å². The fourth-order valence-corrected chi connectivity index (χ4v) is 0. The molecule has 0 aromatic carbocycles. The summed E-state index contributed by atoms with van der Waals surface area (Å²) in [5, 5.41) is 0. The van der Waals surface area contributed by atoms with Gasteiger partial charge in [-0.25, -0.2) is 11.1 Å². The molecule has 0 aliphatic heterocycles. The molecule has 0 aliphatic carbocycles. The Morgan fingerprint density at radius 2 is 0.900 bits per heavy atom. The topological polar surface area (TPSA) is 156 Å². The van der Waals surface area contributed by atoms with E-state index in [0.717, 1.165) is 0 Å². The summed E-state index contributed by atoms with van der Waals surface area (Å²) in [5.41, 5.74) is 10.0. The van der Waals surface area contributed by atoms with E-state index in [1.165, 1.54) is 0 Å². The van der Waals surface area contributed by atoms with Crippen molar-refractivity contribution in [3.8, 4) is 0 Å². The van der Waals surface area contributed by atoms with Crippen LogP contribution in [0.3, 0.4) is 0 Å². The number of rotatable bonds is 1. The zero-order chi connectivity index (χ0) is 9.00. The van der Waals surface area contributed by atoms with Crippen LogP contribution in [0.15, 0.2) is 0 Å². The lowest BCUT2D eigenvalue weighted by Gasteiger charge is -1.84. The van der Waals surface area contributed by atoms with E-state index < -0.39 is 18.3 Å². The smallest absolute Gasteiger partial charge is 0.272 e. The minimum Gasteiger partial charge on any atom is -0.272 e. The van der Waals surface area contributed by atoms with Gasteiger partial charge in [-0.2, -0.15) is 16.8 Å². The molecule has 8 nitrogen and oxygen atoms in total. The maximum absolute atomic E-state index is 9.37. The highest BCUT2D eigenvalue weighted by atomic mass is 33.2.